The molecule has 1 aromatic rings. The SMILES string of the molecule is CCC(C)=Nc1ccc(N=C(C)CC)c(CC)c1CC. The molecular formula is C18H28N2. The molecule has 0 radical (unpaired) electrons. The lowest BCUT2D eigenvalue weighted by Gasteiger charge is -2.13. The van der Waals surface area contributed by atoms with Gasteiger partial charge in [-0.3, -0.25) is 9.98 Å². The smallest absolute Gasteiger partial charge is 0.0665 e. The number of hydrogen-bond acceptors (Lipinski definition) is 2. The summed E-state index contributed by atoms with van der Waals surface area (Å²) in [6.07, 6.45) is 4.01. The van der Waals surface area contributed by atoms with Crippen LogP contribution in [-0.4, -0.2) is 11.4 Å². The zero-order valence-electron chi connectivity index (χ0n) is 13.9. The third kappa shape index (κ3) is 4.03. The second kappa shape index (κ2) is 7.98. The molecule has 0 heterocycles. The molecule has 0 aliphatic rings. The van der Waals surface area contributed by atoms with E-state index in [1.54, 1.807) is 0 Å². The Labute approximate surface area is 124 Å². The first-order valence-corrected chi connectivity index (χ1v) is 7.80. The highest BCUT2D eigenvalue weighted by atomic mass is 14.8. The molecule has 0 aliphatic heterocycles. The highest BCUT2D eigenvalue weighted by Gasteiger charge is 2.10. The monoisotopic (exact) mass is 272 g/mol. The van der Waals surface area contributed by atoms with Crippen molar-refractivity contribution in [3.8, 4) is 0 Å². The third-order valence-electron chi connectivity index (χ3n) is 3.73. The van der Waals surface area contributed by atoms with E-state index in [9.17, 15) is 0 Å². The highest BCUT2D eigenvalue weighted by Crippen LogP contribution is 2.32. The summed E-state index contributed by atoms with van der Waals surface area (Å²) in [7, 11) is 0. The van der Waals surface area contributed by atoms with Crippen LogP contribution in [0.25, 0.3) is 0 Å². The first-order chi connectivity index (χ1) is 9.57. The van der Waals surface area contributed by atoms with Crippen LogP contribution in [0.2, 0.25) is 0 Å². The summed E-state index contributed by atoms with van der Waals surface area (Å²) in [4.78, 5) is 9.53. The van der Waals surface area contributed by atoms with Crippen LogP contribution in [0, 0.1) is 0 Å². The van der Waals surface area contributed by atoms with E-state index in [4.69, 9.17) is 9.98 Å². The average molecular weight is 272 g/mol. The molecule has 0 unspecified atom stereocenters. The van der Waals surface area contributed by atoms with Crippen LogP contribution in [0.3, 0.4) is 0 Å². The number of rotatable bonds is 6. The second-order valence-electron chi connectivity index (χ2n) is 5.17. The first kappa shape index (κ1) is 16.6. The van der Waals surface area contributed by atoms with Gasteiger partial charge in [-0.15, -0.1) is 0 Å². The van der Waals surface area contributed by atoms with Crippen molar-refractivity contribution in [1.29, 1.82) is 0 Å². The van der Waals surface area contributed by atoms with E-state index in [1.807, 2.05) is 0 Å². The van der Waals surface area contributed by atoms with E-state index >= 15 is 0 Å². The molecule has 1 aromatic carbocycles. The highest BCUT2D eigenvalue weighted by molar-refractivity contribution is 5.86. The Morgan fingerprint density at radius 2 is 1.10 bits per heavy atom. The van der Waals surface area contributed by atoms with Crippen molar-refractivity contribution >= 4 is 22.8 Å². The summed E-state index contributed by atoms with van der Waals surface area (Å²) in [6, 6.07) is 4.25. The molecule has 0 aromatic heterocycles. The fourth-order valence-corrected chi connectivity index (χ4v) is 2.24. The van der Waals surface area contributed by atoms with Crippen molar-refractivity contribution in [2.75, 3.05) is 0 Å². The number of aliphatic imine (C=N–C) groups is 2. The van der Waals surface area contributed by atoms with E-state index in [1.165, 1.54) is 22.6 Å². The fraction of sp³-hybridized carbons (Fsp3) is 0.556. The Bertz CT molecular complexity index is 463. The van der Waals surface area contributed by atoms with Crippen LogP contribution in [0.15, 0.2) is 22.1 Å². The molecule has 0 fully saturated rings. The van der Waals surface area contributed by atoms with Gasteiger partial charge in [-0.05, 0) is 62.8 Å². The molecule has 0 saturated heterocycles. The van der Waals surface area contributed by atoms with Crippen molar-refractivity contribution < 1.29 is 0 Å². The fourth-order valence-electron chi connectivity index (χ4n) is 2.24. The van der Waals surface area contributed by atoms with Gasteiger partial charge in [0.05, 0.1) is 11.4 Å². The first-order valence-electron chi connectivity index (χ1n) is 7.80. The standard InChI is InChI=1S/C18H28N2/c1-7-13(5)19-17-11-12-18(20-14(6)8-2)16(10-4)15(17)9-3/h11-12H,7-10H2,1-6H3. The van der Waals surface area contributed by atoms with E-state index < -0.39 is 0 Å². The topological polar surface area (TPSA) is 24.7 Å². The number of hydrogen-bond donors (Lipinski definition) is 0. The van der Waals surface area contributed by atoms with E-state index in [0.717, 1.165) is 37.1 Å². The summed E-state index contributed by atoms with van der Waals surface area (Å²) >= 11 is 0. The zero-order chi connectivity index (χ0) is 15.1. The Morgan fingerprint density at radius 1 is 0.750 bits per heavy atom. The molecule has 0 bridgehead atoms. The summed E-state index contributed by atoms with van der Waals surface area (Å²) in [6.45, 7) is 12.9. The van der Waals surface area contributed by atoms with Gasteiger partial charge in [0.25, 0.3) is 0 Å². The van der Waals surface area contributed by atoms with Crippen LogP contribution in [0.1, 0.15) is 65.5 Å². The summed E-state index contributed by atoms with van der Waals surface area (Å²) in [5, 5.41) is 0. The van der Waals surface area contributed by atoms with E-state index in [-0.39, 0.29) is 0 Å². The Kier molecular flexibility index (Phi) is 6.63. The molecule has 0 spiro atoms. The average Bonchev–Trinajstić information content (AvgIpc) is 2.47. The van der Waals surface area contributed by atoms with Crippen LogP contribution in [0.4, 0.5) is 11.4 Å². The molecule has 0 aliphatic carbocycles. The minimum Gasteiger partial charge on any atom is -0.258 e. The van der Waals surface area contributed by atoms with Gasteiger partial charge < -0.3 is 0 Å². The summed E-state index contributed by atoms with van der Waals surface area (Å²) < 4.78 is 0. The number of benzene rings is 1. The van der Waals surface area contributed by atoms with Gasteiger partial charge in [0.1, 0.15) is 0 Å². The van der Waals surface area contributed by atoms with Gasteiger partial charge in [0, 0.05) is 11.4 Å². The Morgan fingerprint density at radius 3 is 1.35 bits per heavy atom. The van der Waals surface area contributed by atoms with E-state index in [2.05, 4.69) is 53.7 Å². The second-order valence-corrected chi connectivity index (χ2v) is 5.17. The minimum atomic E-state index is 0.999. The third-order valence-corrected chi connectivity index (χ3v) is 3.73. The molecule has 1 rings (SSSR count). The van der Waals surface area contributed by atoms with Gasteiger partial charge in [-0.2, -0.15) is 0 Å². The maximum Gasteiger partial charge on any atom is 0.0665 e. The molecule has 0 amide bonds. The lowest BCUT2D eigenvalue weighted by molar-refractivity contribution is 1.03. The van der Waals surface area contributed by atoms with Gasteiger partial charge >= 0.3 is 0 Å². The Balaban J connectivity index is 3.41. The van der Waals surface area contributed by atoms with Crippen molar-refractivity contribution in [3.63, 3.8) is 0 Å². The quantitative estimate of drug-likeness (QED) is 0.583. The summed E-state index contributed by atoms with van der Waals surface area (Å²) in [5.41, 5.74) is 7.31. The maximum atomic E-state index is 4.77. The molecule has 2 heteroatoms. The van der Waals surface area contributed by atoms with Crippen LogP contribution in [-0.2, 0) is 12.8 Å². The van der Waals surface area contributed by atoms with Gasteiger partial charge in [-0.25, -0.2) is 0 Å². The molecule has 2 nitrogen and oxygen atoms in total. The van der Waals surface area contributed by atoms with Crippen molar-refractivity contribution in [2.24, 2.45) is 9.98 Å². The van der Waals surface area contributed by atoms with Gasteiger partial charge in [0.15, 0.2) is 0 Å². The minimum absolute atomic E-state index is 0.999. The molecule has 0 saturated carbocycles. The lowest BCUT2D eigenvalue weighted by atomic mass is 9.98. The van der Waals surface area contributed by atoms with Crippen molar-refractivity contribution in [1.82, 2.24) is 0 Å². The molecule has 20 heavy (non-hydrogen) atoms. The number of nitrogens with zero attached hydrogens (tertiary/aromatic N) is 2. The maximum absolute atomic E-state index is 4.77. The molecule has 110 valence electrons. The largest absolute Gasteiger partial charge is 0.258 e. The van der Waals surface area contributed by atoms with Gasteiger partial charge in [-0.1, -0.05) is 27.7 Å². The predicted octanol–water partition coefficient (Wildman–Crippen LogP) is 5.82. The zero-order valence-corrected chi connectivity index (χ0v) is 13.9. The van der Waals surface area contributed by atoms with Gasteiger partial charge in [0.2, 0.25) is 0 Å². The van der Waals surface area contributed by atoms with Crippen LogP contribution in [0.5, 0.6) is 0 Å². The molecule has 0 atom stereocenters. The molecular weight excluding hydrogens is 244 g/mol. The predicted molar refractivity (Wildman–Crippen MR) is 91.3 cm³/mol. The van der Waals surface area contributed by atoms with Crippen molar-refractivity contribution in [2.45, 2.75) is 67.2 Å². The Hall–Kier alpha value is -1.44. The molecule has 0 N–H and O–H groups in total. The van der Waals surface area contributed by atoms with Crippen LogP contribution >= 0.6 is 0 Å². The summed E-state index contributed by atoms with van der Waals surface area (Å²) in [5.74, 6) is 0. The van der Waals surface area contributed by atoms with E-state index in [0.29, 0.717) is 0 Å². The normalized spacial score (nSPS) is 12.9. The lowest BCUT2D eigenvalue weighted by Crippen LogP contribution is -1.96. The van der Waals surface area contributed by atoms with Crippen LogP contribution < -0.4 is 0 Å². The van der Waals surface area contributed by atoms with Crippen molar-refractivity contribution in [3.05, 3.63) is 23.3 Å².